The molecule has 0 bridgehead atoms. The lowest BCUT2D eigenvalue weighted by Crippen LogP contribution is -2.25. The zero-order valence-corrected chi connectivity index (χ0v) is 12.3. The van der Waals surface area contributed by atoms with Gasteiger partial charge in [-0.05, 0) is 29.6 Å². The molecule has 0 spiro atoms. The monoisotopic (exact) mass is 299 g/mol. The molecule has 1 heterocycles. The van der Waals surface area contributed by atoms with E-state index in [2.05, 4.69) is 16.3 Å². The third-order valence-electron chi connectivity index (χ3n) is 2.64. The fourth-order valence-corrected chi connectivity index (χ4v) is 3.86. The number of hydrogen-bond acceptors (Lipinski definition) is 5. The van der Waals surface area contributed by atoms with Gasteiger partial charge in [-0.3, -0.25) is 0 Å². The molecular weight excluding hydrogens is 286 g/mol. The number of halogens is 1. The third kappa shape index (κ3) is 3.23. The van der Waals surface area contributed by atoms with Crippen molar-refractivity contribution in [3.8, 4) is 0 Å². The molecule has 0 saturated heterocycles. The van der Waals surface area contributed by atoms with Crippen molar-refractivity contribution in [2.45, 2.75) is 29.0 Å². The Labute approximate surface area is 120 Å². The van der Waals surface area contributed by atoms with Crippen LogP contribution in [0.4, 0.5) is 0 Å². The number of benzene rings is 1. The fourth-order valence-electron chi connectivity index (χ4n) is 1.62. The first kappa shape index (κ1) is 13.8. The standard InChI is InChI=1S/C12H14ClN3S2/c1-2-10(14)11(17-12-15-7-16-18-12)8-5-3-4-6-9(8)13/h3-7,10-11H,2,14H2,1H3. The van der Waals surface area contributed by atoms with Crippen LogP contribution in [0.1, 0.15) is 24.2 Å². The van der Waals surface area contributed by atoms with Crippen LogP contribution >= 0.6 is 34.9 Å². The van der Waals surface area contributed by atoms with Crippen molar-refractivity contribution in [1.29, 1.82) is 0 Å². The molecule has 96 valence electrons. The Hall–Kier alpha value is -0.620. The highest BCUT2D eigenvalue weighted by molar-refractivity contribution is 8.01. The number of thioether (sulfide) groups is 1. The SMILES string of the molecule is CCC(N)C(Sc1ncns1)c1ccccc1Cl. The van der Waals surface area contributed by atoms with Gasteiger partial charge >= 0.3 is 0 Å². The van der Waals surface area contributed by atoms with Crippen LogP contribution in [0.3, 0.4) is 0 Å². The van der Waals surface area contributed by atoms with Crippen molar-refractivity contribution in [3.05, 3.63) is 41.2 Å². The Morgan fingerprint density at radius 2 is 2.22 bits per heavy atom. The number of nitrogens with zero attached hydrogens (tertiary/aromatic N) is 2. The summed E-state index contributed by atoms with van der Waals surface area (Å²) in [6.07, 6.45) is 2.45. The second kappa shape index (κ2) is 6.52. The molecule has 6 heteroatoms. The molecule has 2 unspecified atom stereocenters. The van der Waals surface area contributed by atoms with Crippen molar-refractivity contribution in [3.63, 3.8) is 0 Å². The first-order chi connectivity index (χ1) is 8.72. The van der Waals surface area contributed by atoms with Gasteiger partial charge in [-0.25, -0.2) is 4.98 Å². The second-order valence-electron chi connectivity index (χ2n) is 3.84. The van der Waals surface area contributed by atoms with Gasteiger partial charge in [0.2, 0.25) is 0 Å². The number of rotatable bonds is 5. The summed E-state index contributed by atoms with van der Waals surface area (Å²) in [6, 6.07) is 7.87. The van der Waals surface area contributed by atoms with E-state index in [9.17, 15) is 0 Å². The largest absolute Gasteiger partial charge is 0.326 e. The Kier molecular flexibility index (Phi) is 5.00. The van der Waals surface area contributed by atoms with Crippen LogP contribution in [0.2, 0.25) is 5.02 Å². The summed E-state index contributed by atoms with van der Waals surface area (Å²) in [4.78, 5) is 4.20. The highest BCUT2D eigenvalue weighted by Crippen LogP contribution is 2.40. The lowest BCUT2D eigenvalue weighted by Gasteiger charge is -2.22. The van der Waals surface area contributed by atoms with Gasteiger partial charge in [0, 0.05) is 11.1 Å². The van der Waals surface area contributed by atoms with Crippen LogP contribution in [0.5, 0.6) is 0 Å². The predicted octanol–water partition coefficient (Wildman–Crippen LogP) is 3.76. The van der Waals surface area contributed by atoms with Gasteiger partial charge in [0.25, 0.3) is 0 Å². The normalized spacial score (nSPS) is 14.4. The van der Waals surface area contributed by atoms with Crippen LogP contribution in [0.15, 0.2) is 34.9 Å². The molecule has 0 aliphatic heterocycles. The van der Waals surface area contributed by atoms with Crippen LogP contribution in [-0.2, 0) is 0 Å². The lowest BCUT2D eigenvalue weighted by molar-refractivity contribution is 0.634. The average molecular weight is 300 g/mol. The summed E-state index contributed by atoms with van der Waals surface area (Å²) in [5, 5.41) is 0.861. The van der Waals surface area contributed by atoms with E-state index >= 15 is 0 Å². The highest BCUT2D eigenvalue weighted by atomic mass is 35.5. The smallest absolute Gasteiger partial charge is 0.170 e. The van der Waals surface area contributed by atoms with E-state index in [1.807, 2.05) is 24.3 Å². The van der Waals surface area contributed by atoms with Crippen LogP contribution in [0.25, 0.3) is 0 Å². The molecular formula is C12H14ClN3S2. The maximum absolute atomic E-state index is 6.26. The van der Waals surface area contributed by atoms with Gasteiger partial charge in [-0.2, -0.15) is 4.37 Å². The average Bonchev–Trinajstić information content (AvgIpc) is 2.89. The lowest BCUT2D eigenvalue weighted by atomic mass is 10.0. The Bertz CT molecular complexity index is 490. The molecule has 1 aromatic carbocycles. The van der Waals surface area contributed by atoms with Crippen molar-refractivity contribution >= 4 is 34.9 Å². The Morgan fingerprint density at radius 1 is 1.44 bits per heavy atom. The maximum atomic E-state index is 6.26. The number of nitrogens with two attached hydrogens (primary N) is 1. The summed E-state index contributed by atoms with van der Waals surface area (Å²) in [7, 11) is 0. The summed E-state index contributed by atoms with van der Waals surface area (Å²) >= 11 is 9.27. The first-order valence-electron chi connectivity index (χ1n) is 5.65. The van der Waals surface area contributed by atoms with Crippen molar-refractivity contribution < 1.29 is 0 Å². The van der Waals surface area contributed by atoms with Gasteiger partial charge < -0.3 is 5.73 Å². The zero-order chi connectivity index (χ0) is 13.0. The van der Waals surface area contributed by atoms with Gasteiger partial charge in [0.1, 0.15) is 6.33 Å². The molecule has 2 rings (SSSR count). The zero-order valence-electron chi connectivity index (χ0n) is 9.91. The molecule has 3 nitrogen and oxygen atoms in total. The minimum atomic E-state index is 0.0406. The van der Waals surface area contributed by atoms with Crippen LogP contribution < -0.4 is 5.73 Å². The van der Waals surface area contributed by atoms with Gasteiger partial charge in [-0.1, -0.05) is 48.5 Å². The Morgan fingerprint density at radius 3 is 2.83 bits per heavy atom. The molecule has 0 fully saturated rings. The first-order valence-corrected chi connectivity index (χ1v) is 7.68. The highest BCUT2D eigenvalue weighted by Gasteiger charge is 2.23. The molecule has 2 N–H and O–H groups in total. The minimum absolute atomic E-state index is 0.0406. The topological polar surface area (TPSA) is 51.8 Å². The van der Waals surface area contributed by atoms with Crippen molar-refractivity contribution in [2.75, 3.05) is 0 Å². The fraction of sp³-hybridized carbons (Fsp3) is 0.333. The van der Waals surface area contributed by atoms with Crippen LogP contribution in [-0.4, -0.2) is 15.4 Å². The predicted molar refractivity (Wildman–Crippen MR) is 78.2 cm³/mol. The molecule has 0 saturated carbocycles. The van der Waals surface area contributed by atoms with Gasteiger partial charge in [-0.15, -0.1) is 0 Å². The molecule has 0 amide bonds. The van der Waals surface area contributed by atoms with Gasteiger partial charge in [0.15, 0.2) is 4.34 Å². The molecule has 0 radical (unpaired) electrons. The molecule has 0 aliphatic carbocycles. The van der Waals surface area contributed by atoms with E-state index in [0.717, 1.165) is 21.3 Å². The maximum Gasteiger partial charge on any atom is 0.170 e. The quantitative estimate of drug-likeness (QED) is 0.854. The van der Waals surface area contributed by atoms with E-state index in [4.69, 9.17) is 17.3 Å². The van der Waals surface area contributed by atoms with Gasteiger partial charge in [0.05, 0.1) is 5.25 Å². The van der Waals surface area contributed by atoms with E-state index in [1.165, 1.54) is 11.5 Å². The van der Waals surface area contributed by atoms with E-state index in [0.29, 0.717) is 0 Å². The van der Waals surface area contributed by atoms with Crippen molar-refractivity contribution in [2.24, 2.45) is 5.73 Å². The van der Waals surface area contributed by atoms with E-state index in [1.54, 1.807) is 18.1 Å². The molecule has 18 heavy (non-hydrogen) atoms. The molecule has 0 aliphatic rings. The summed E-state index contributed by atoms with van der Waals surface area (Å²) in [6.45, 7) is 2.08. The molecule has 2 atom stereocenters. The van der Waals surface area contributed by atoms with Crippen molar-refractivity contribution in [1.82, 2.24) is 9.36 Å². The summed E-state index contributed by atoms with van der Waals surface area (Å²) in [5.74, 6) is 0. The second-order valence-corrected chi connectivity index (χ2v) is 6.42. The summed E-state index contributed by atoms with van der Waals surface area (Å²) < 4.78 is 4.93. The third-order valence-corrected chi connectivity index (χ3v) is 5.12. The van der Waals surface area contributed by atoms with Crippen LogP contribution in [0, 0.1) is 0 Å². The minimum Gasteiger partial charge on any atom is -0.326 e. The molecule has 2 aromatic rings. The number of hydrogen-bond donors (Lipinski definition) is 1. The number of aromatic nitrogens is 2. The van der Waals surface area contributed by atoms with E-state index < -0.39 is 0 Å². The summed E-state index contributed by atoms with van der Waals surface area (Å²) in [5.41, 5.74) is 7.28. The Balaban J connectivity index is 2.28. The van der Waals surface area contributed by atoms with E-state index in [-0.39, 0.29) is 11.3 Å². The molecule has 1 aromatic heterocycles.